The van der Waals surface area contributed by atoms with Crippen molar-refractivity contribution in [2.75, 3.05) is 26.5 Å². The Labute approximate surface area is 263 Å². The van der Waals surface area contributed by atoms with Crippen LogP contribution in [-0.4, -0.2) is 51.4 Å². The first-order valence-corrected chi connectivity index (χ1v) is 17.4. The molecule has 1 atom stereocenters. The molecule has 38 heavy (non-hydrogen) atoms. The minimum Gasteiger partial charge on any atom is -0.382 e. The second-order valence-corrected chi connectivity index (χ2v) is 15.9. The summed E-state index contributed by atoms with van der Waals surface area (Å²) in [4.78, 5) is 0. The van der Waals surface area contributed by atoms with Gasteiger partial charge < -0.3 is 4.74 Å². The van der Waals surface area contributed by atoms with Gasteiger partial charge in [0, 0.05) is 30.7 Å². The van der Waals surface area contributed by atoms with E-state index in [4.69, 9.17) is 9.84 Å². The molecular weight excluding hydrogens is 588 g/mol. The number of rotatable bonds is 7. The maximum absolute atomic E-state index is 5.35. The summed E-state index contributed by atoms with van der Waals surface area (Å²) in [6.45, 7) is 8.84. The van der Waals surface area contributed by atoms with E-state index in [1.54, 1.807) is 24.4 Å². The summed E-state index contributed by atoms with van der Waals surface area (Å²) in [5.41, 5.74) is 2.63. The van der Waals surface area contributed by atoms with Gasteiger partial charge in [-0.05, 0) is 127 Å². The SMILES string of the molecule is COC[C@@H]1CCCN1/N=C(\[C]1[CH][CH][CH][CH]1)[C]1[CH][CH][CH][C]1SC.C[Si](C)(C)[C]1[CH][CH][CH][CH]1.[CH]1[CH][CH][CH][CH]1.[Fe+2].[Fe+2]. The van der Waals surface area contributed by atoms with E-state index in [0.717, 1.165) is 25.3 Å². The molecule has 0 bridgehead atoms. The number of hydrogen-bond acceptors (Lipinski definition) is 4. The molecule has 4 aliphatic carbocycles. The summed E-state index contributed by atoms with van der Waals surface area (Å²) in [7, 11) is 0.784. The zero-order chi connectivity index (χ0) is 25.8. The van der Waals surface area contributed by atoms with E-state index in [1.807, 2.05) is 32.1 Å². The maximum atomic E-state index is 5.35. The van der Waals surface area contributed by atoms with Crippen molar-refractivity contribution in [1.82, 2.24) is 5.01 Å². The molecule has 0 aromatic carbocycles. The second-order valence-electron chi connectivity index (χ2n) is 9.93. The minimum absolute atomic E-state index is 0. The van der Waals surface area contributed by atoms with Gasteiger partial charge in [0.1, 0.15) is 0 Å². The molecule has 1 heterocycles. The first kappa shape index (κ1) is 37.1. The van der Waals surface area contributed by atoms with Crippen LogP contribution in [0.15, 0.2) is 5.10 Å². The van der Waals surface area contributed by atoms with Crippen LogP contribution in [0.4, 0.5) is 0 Å². The van der Waals surface area contributed by atoms with E-state index in [1.165, 1.54) is 23.5 Å². The van der Waals surface area contributed by atoms with E-state index < -0.39 is 8.07 Å². The molecule has 5 aliphatic rings. The molecule has 0 amide bonds. The average molecular weight is 629 g/mol. The number of hydrogen-bond donors (Lipinski definition) is 0. The second kappa shape index (κ2) is 20.0. The number of hydrazone groups is 1. The van der Waals surface area contributed by atoms with Crippen molar-refractivity contribution in [3.63, 3.8) is 0 Å². The quantitative estimate of drug-likeness (QED) is 0.247. The zero-order valence-corrected chi connectivity index (χ0v) is 27.1. The third-order valence-corrected chi connectivity index (χ3v) is 9.07. The molecule has 0 N–H and O–H groups in total. The van der Waals surface area contributed by atoms with Gasteiger partial charge in [-0.25, -0.2) is 0 Å². The van der Waals surface area contributed by atoms with Crippen molar-refractivity contribution in [1.29, 1.82) is 0 Å². The van der Waals surface area contributed by atoms with Crippen molar-refractivity contribution >= 4 is 25.5 Å². The van der Waals surface area contributed by atoms with E-state index in [-0.39, 0.29) is 34.1 Å². The Hall–Kier alpha value is 1.04. The van der Waals surface area contributed by atoms with Crippen molar-refractivity contribution in [3.8, 4) is 0 Å². The molecule has 0 aromatic heterocycles. The fourth-order valence-corrected chi connectivity index (χ4v) is 6.01. The van der Waals surface area contributed by atoms with E-state index >= 15 is 0 Å². The van der Waals surface area contributed by atoms with Crippen molar-refractivity contribution in [2.24, 2.45) is 5.10 Å². The van der Waals surface area contributed by atoms with Crippen LogP contribution in [0.2, 0.25) is 19.6 Å². The molecule has 3 nitrogen and oxygen atoms in total. The van der Waals surface area contributed by atoms with Crippen LogP contribution >= 0.6 is 11.8 Å². The van der Waals surface area contributed by atoms with Crippen LogP contribution in [0, 0.1) is 125 Å². The summed E-state index contributed by atoms with van der Waals surface area (Å²) in [5.74, 6) is 2.41. The molecule has 7 heteroatoms. The summed E-state index contributed by atoms with van der Waals surface area (Å²) in [6.07, 6.45) is 38.0. The summed E-state index contributed by atoms with van der Waals surface area (Å²) in [6, 6.07) is 0.391. The van der Waals surface area contributed by atoms with Crippen LogP contribution in [0.25, 0.3) is 0 Å². The van der Waals surface area contributed by atoms with E-state index in [0.29, 0.717) is 6.04 Å². The molecule has 5 fully saturated rings. The first-order chi connectivity index (χ1) is 17.4. The van der Waals surface area contributed by atoms with Gasteiger partial charge in [0.25, 0.3) is 0 Å². The molecular formula is C31H40Fe2N2OSSi+4. The molecule has 5 rings (SSSR count). The summed E-state index contributed by atoms with van der Waals surface area (Å²) in [5, 5.41) is 8.52. The predicted molar refractivity (Wildman–Crippen MR) is 158 cm³/mol. The monoisotopic (exact) mass is 628 g/mol. The normalized spacial score (nSPS) is 25.4. The predicted octanol–water partition coefficient (Wildman–Crippen LogP) is 6.24. The van der Waals surface area contributed by atoms with Crippen LogP contribution in [0.5, 0.6) is 0 Å². The van der Waals surface area contributed by atoms with Gasteiger partial charge in [-0.15, -0.1) is 0 Å². The van der Waals surface area contributed by atoms with E-state index in [9.17, 15) is 0 Å². The Kier molecular flexibility index (Phi) is 19.5. The average Bonchev–Trinajstić information content (AvgIpc) is 3.71. The molecule has 0 spiro atoms. The fourth-order valence-electron chi connectivity index (χ4n) is 4.21. The van der Waals surface area contributed by atoms with Crippen molar-refractivity contribution in [3.05, 3.63) is 125 Å². The molecule has 1 aliphatic heterocycles. The third kappa shape index (κ3) is 12.1. The van der Waals surface area contributed by atoms with Gasteiger partial charge in [-0.3, -0.25) is 5.01 Å². The standard InChI is InChI=1S/C18H22N2OS.C8H13Si.C5H5.2Fe/c1-21-13-15-9-6-12-20(15)19-18(14-7-3-4-8-14)16-10-5-11-17(16)22-2;1-9(2,3)8-6-4-5-7-8;1-2-4-5-3-1;;/h3-5,7-8,10-11,15H,6,9,12-13H2,1-2H3;4-7H,1-3H3;1-5H;;/q;;;2*+2/b19-18+;;;;/t15-;;;;/m0..../s1. The zero-order valence-electron chi connectivity index (χ0n) is 23.1. The molecule has 1 saturated heterocycles. The van der Waals surface area contributed by atoms with Crippen LogP contribution < -0.4 is 0 Å². The number of nitrogens with zero attached hydrogens (tertiary/aromatic N) is 2. The molecule has 20 radical (unpaired) electrons. The van der Waals surface area contributed by atoms with Gasteiger partial charge in [-0.2, -0.15) is 16.9 Å². The van der Waals surface area contributed by atoms with Crippen LogP contribution in [0.1, 0.15) is 12.8 Å². The number of ether oxygens (including phenoxy) is 1. The van der Waals surface area contributed by atoms with Gasteiger partial charge in [0.05, 0.1) is 26.4 Å². The van der Waals surface area contributed by atoms with Gasteiger partial charge in [0.2, 0.25) is 0 Å². The summed E-state index contributed by atoms with van der Waals surface area (Å²) >= 11 is 1.77. The van der Waals surface area contributed by atoms with Crippen molar-refractivity contribution in [2.45, 2.75) is 38.5 Å². The van der Waals surface area contributed by atoms with E-state index in [2.05, 4.69) is 102 Å². The maximum Gasteiger partial charge on any atom is 2.00 e. The Balaban J connectivity index is 0.000000373. The number of methoxy groups -OCH3 is 1. The Bertz CT molecular complexity index is 624. The molecule has 4 saturated carbocycles. The number of thioether (sulfide) groups is 1. The van der Waals surface area contributed by atoms with Crippen LogP contribution in [0.3, 0.4) is 0 Å². The van der Waals surface area contributed by atoms with Gasteiger partial charge in [-0.1, -0.05) is 19.6 Å². The topological polar surface area (TPSA) is 24.8 Å². The largest absolute Gasteiger partial charge is 2.00 e. The Morgan fingerprint density at radius 3 is 1.95 bits per heavy atom. The fraction of sp³-hybridized carbons (Fsp3) is 0.323. The first-order valence-electron chi connectivity index (χ1n) is 12.7. The van der Waals surface area contributed by atoms with Gasteiger partial charge in [0.15, 0.2) is 0 Å². The van der Waals surface area contributed by atoms with Crippen molar-refractivity contribution < 1.29 is 38.9 Å². The van der Waals surface area contributed by atoms with Gasteiger partial charge >= 0.3 is 34.1 Å². The molecule has 0 unspecified atom stereocenters. The summed E-state index contributed by atoms with van der Waals surface area (Å²) < 4.78 is 5.35. The molecule has 202 valence electrons. The molecule has 0 aromatic rings. The Morgan fingerprint density at radius 2 is 1.45 bits per heavy atom. The Morgan fingerprint density at radius 1 is 0.868 bits per heavy atom. The third-order valence-electron chi connectivity index (χ3n) is 6.20. The minimum atomic E-state index is -0.981. The van der Waals surface area contributed by atoms with Crippen LogP contribution in [-0.2, 0) is 38.9 Å². The smallest absolute Gasteiger partial charge is 0.382 e.